The highest BCUT2D eigenvalue weighted by molar-refractivity contribution is 8.27. The van der Waals surface area contributed by atoms with E-state index >= 15 is 0 Å². The number of hydrogen-bond donors (Lipinski definition) is 0. The van der Waals surface area contributed by atoms with Gasteiger partial charge in [-0.25, -0.2) is 0 Å². The fraction of sp³-hybridized carbons (Fsp3) is 0. The molecule has 1 aliphatic heterocycles. The van der Waals surface area contributed by atoms with Crippen LogP contribution in [0.3, 0.4) is 0 Å². The molecule has 0 spiro atoms. The number of thioether (sulfide) groups is 1. The van der Waals surface area contributed by atoms with Crippen molar-refractivity contribution in [2.75, 3.05) is 4.90 Å². The van der Waals surface area contributed by atoms with Gasteiger partial charge in [0.25, 0.3) is 11.6 Å². The Labute approximate surface area is 190 Å². The predicted molar refractivity (Wildman–Crippen MR) is 123 cm³/mol. The van der Waals surface area contributed by atoms with Crippen molar-refractivity contribution in [1.82, 2.24) is 0 Å². The molecular weight excluding hydrogens is 467 g/mol. The van der Waals surface area contributed by atoms with E-state index in [9.17, 15) is 14.9 Å². The first kappa shape index (κ1) is 20.6. The Morgan fingerprint density at radius 1 is 1.10 bits per heavy atom. The van der Waals surface area contributed by atoms with E-state index in [2.05, 4.69) is 0 Å². The van der Waals surface area contributed by atoms with Crippen LogP contribution in [0, 0.1) is 10.1 Å². The minimum Gasteiger partial charge on any atom is -0.456 e. The second kappa shape index (κ2) is 8.23. The zero-order valence-corrected chi connectivity index (χ0v) is 18.0. The molecule has 1 aliphatic rings. The molecule has 0 N–H and O–H groups in total. The summed E-state index contributed by atoms with van der Waals surface area (Å²) in [5.74, 6) is 0.373. The Kier molecular flexibility index (Phi) is 5.66. The normalized spacial score (nSPS) is 15.3. The van der Waals surface area contributed by atoms with Gasteiger partial charge in [0.05, 0.1) is 31.1 Å². The first-order valence-corrected chi connectivity index (χ1v) is 10.4. The van der Waals surface area contributed by atoms with Gasteiger partial charge in [0.15, 0.2) is 4.32 Å². The maximum atomic E-state index is 12.9. The van der Waals surface area contributed by atoms with Gasteiger partial charge in [-0.1, -0.05) is 59.3 Å². The summed E-state index contributed by atoms with van der Waals surface area (Å²) in [6, 6.07) is 14.3. The maximum absolute atomic E-state index is 12.9. The maximum Gasteiger partial charge on any atom is 0.280 e. The minimum absolute atomic E-state index is 0.0654. The monoisotopic (exact) mass is 476 g/mol. The highest BCUT2D eigenvalue weighted by Crippen LogP contribution is 2.39. The van der Waals surface area contributed by atoms with Gasteiger partial charge in [-0.3, -0.25) is 19.8 Å². The molecule has 3 aromatic rings. The van der Waals surface area contributed by atoms with E-state index in [1.54, 1.807) is 54.6 Å². The van der Waals surface area contributed by atoms with Crippen LogP contribution in [-0.2, 0) is 4.79 Å². The summed E-state index contributed by atoms with van der Waals surface area (Å²) in [6.07, 6.45) is 1.55. The summed E-state index contributed by atoms with van der Waals surface area (Å²) in [6.45, 7) is 0. The number of rotatable bonds is 4. The molecule has 10 heteroatoms. The van der Waals surface area contributed by atoms with E-state index < -0.39 is 4.92 Å². The van der Waals surface area contributed by atoms with Gasteiger partial charge >= 0.3 is 0 Å². The number of benzene rings is 2. The predicted octanol–water partition coefficient (Wildman–Crippen LogP) is 6.57. The van der Waals surface area contributed by atoms with E-state index in [1.807, 2.05) is 0 Å². The van der Waals surface area contributed by atoms with Crippen molar-refractivity contribution in [3.05, 3.63) is 85.4 Å². The fourth-order valence-electron chi connectivity index (χ4n) is 2.86. The number of anilines is 1. The molecule has 1 aromatic heterocycles. The Morgan fingerprint density at radius 2 is 1.87 bits per heavy atom. The standard InChI is InChI=1S/C20H10Cl2N2O4S2/c21-14-7-5-11(9-15(14)22)23-19(25)18(30-20(23)29)10-12-6-8-17(28-12)13-3-1-2-4-16(13)24(26)27/h1-10H/b18-10-. The van der Waals surface area contributed by atoms with Crippen LogP contribution in [0.15, 0.2) is 63.9 Å². The number of nitro benzene ring substituents is 1. The van der Waals surface area contributed by atoms with Crippen molar-refractivity contribution in [2.24, 2.45) is 0 Å². The third kappa shape index (κ3) is 3.87. The number of halogens is 2. The number of amides is 1. The van der Waals surface area contributed by atoms with E-state index in [-0.39, 0.29) is 11.6 Å². The van der Waals surface area contributed by atoms with E-state index in [0.29, 0.717) is 42.0 Å². The lowest BCUT2D eigenvalue weighted by Crippen LogP contribution is -2.27. The van der Waals surface area contributed by atoms with Crippen LogP contribution >= 0.6 is 47.2 Å². The Morgan fingerprint density at radius 3 is 2.60 bits per heavy atom. The second-order valence-corrected chi connectivity index (χ2v) is 8.58. The topological polar surface area (TPSA) is 76.6 Å². The molecule has 0 aliphatic carbocycles. The number of thiocarbonyl (C=S) groups is 1. The number of para-hydroxylation sites is 1. The van der Waals surface area contributed by atoms with Gasteiger partial charge < -0.3 is 4.42 Å². The van der Waals surface area contributed by atoms with Crippen molar-refractivity contribution in [2.45, 2.75) is 0 Å². The molecule has 1 fully saturated rings. The number of carbonyl (C=O) groups is 1. The van der Waals surface area contributed by atoms with E-state index in [4.69, 9.17) is 39.8 Å². The van der Waals surface area contributed by atoms with Crippen LogP contribution in [-0.4, -0.2) is 15.2 Å². The van der Waals surface area contributed by atoms with Crippen molar-refractivity contribution < 1.29 is 14.1 Å². The lowest BCUT2D eigenvalue weighted by atomic mass is 10.1. The summed E-state index contributed by atoms with van der Waals surface area (Å²) in [7, 11) is 0. The third-order valence-electron chi connectivity index (χ3n) is 4.22. The molecule has 0 unspecified atom stereocenters. The van der Waals surface area contributed by atoms with E-state index in [0.717, 1.165) is 11.8 Å². The van der Waals surface area contributed by atoms with Gasteiger partial charge in [-0.15, -0.1) is 0 Å². The van der Waals surface area contributed by atoms with Crippen molar-refractivity contribution in [1.29, 1.82) is 0 Å². The fourth-order valence-corrected chi connectivity index (χ4v) is 4.43. The van der Waals surface area contributed by atoms with Crippen molar-refractivity contribution in [3.63, 3.8) is 0 Å². The summed E-state index contributed by atoms with van der Waals surface area (Å²) in [5, 5.41) is 11.9. The minimum atomic E-state index is -0.472. The molecule has 150 valence electrons. The number of furan rings is 1. The molecule has 6 nitrogen and oxygen atoms in total. The van der Waals surface area contributed by atoms with Crippen LogP contribution in [0.5, 0.6) is 0 Å². The van der Waals surface area contributed by atoms with Gasteiger partial charge in [-0.05, 0) is 36.4 Å². The molecule has 0 atom stereocenters. The summed E-state index contributed by atoms with van der Waals surface area (Å²) < 4.78 is 6.08. The largest absolute Gasteiger partial charge is 0.456 e. The molecule has 0 radical (unpaired) electrons. The average molecular weight is 477 g/mol. The molecule has 2 heterocycles. The van der Waals surface area contributed by atoms with Gasteiger partial charge in [0, 0.05) is 12.1 Å². The molecular formula is C20H10Cl2N2O4S2. The third-order valence-corrected chi connectivity index (χ3v) is 6.26. The number of nitrogens with zero attached hydrogens (tertiary/aromatic N) is 2. The Bertz CT molecular complexity index is 1240. The van der Waals surface area contributed by atoms with Gasteiger partial charge in [0.2, 0.25) is 0 Å². The lowest BCUT2D eigenvalue weighted by molar-refractivity contribution is -0.384. The highest BCUT2D eigenvalue weighted by atomic mass is 35.5. The zero-order chi connectivity index (χ0) is 21.4. The summed E-state index contributed by atoms with van der Waals surface area (Å²) in [4.78, 5) is 25.4. The second-order valence-electron chi connectivity index (χ2n) is 6.09. The number of nitro groups is 1. The summed E-state index contributed by atoms with van der Waals surface area (Å²) in [5.41, 5.74) is 0.796. The average Bonchev–Trinajstić information content (AvgIpc) is 3.29. The molecule has 4 rings (SSSR count). The van der Waals surface area contributed by atoms with Crippen molar-refractivity contribution >= 4 is 74.9 Å². The molecule has 1 amide bonds. The highest BCUT2D eigenvalue weighted by Gasteiger charge is 2.34. The first-order valence-electron chi connectivity index (χ1n) is 8.42. The quantitative estimate of drug-likeness (QED) is 0.183. The Hall–Kier alpha value is -2.65. The molecule has 30 heavy (non-hydrogen) atoms. The number of carbonyl (C=O) groups excluding carboxylic acids is 1. The lowest BCUT2D eigenvalue weighted by Gasteiger charge is -2.15. The first-order chi connectivity index (χ1) is 14.3. The molecule has 0 bridgehead atoms. The summed E-state index contributed by atoms with van der Waals surface area (Å²) >= 11 is 18.5. The van der Waals surface area contributed by atoms with E-state index in [1.165, 1.54) is 11.0 Å². The van der Waals surface area contributed by atoms with Crippen LogP contribution in [0.2, 0.25) is 10.0 Å². The molecule has 2 aromatic carbocycles. The van der Waals surface area contributed by atoms with Crippen LogP contribution in [0.1, 0.15) is 5.76 Å². The van der Waals surface area contributed by atoms with Gasteiger partial charge in [0.1, 0.15) is 11.5 Å². The molecule has 0 saturated carbocycles. The van der Waals surface area contributed by atoms with Crippen LogP contribution in [0.4, 0.5) is 11.4 Å². The SMILES string of the molecule is O=C1/C(=C/c2ccc(-c3ccccc3[N+](=O)[O-])o2)SC(=S)N1c1ccc(Cl)c(Cl)c1. The van der Waals surface area contributed by atoms with Gasteiger partial charge in [-0.2, -0.15) is 0 Å². The number of hydrogen-bond acceptors (Lipinski definition) is 6. The van der Waals surface area contributed by atoms with Crippen molar-refractivity contribution in [3.8, 4) is 11.3 Å². The van der Waals surface area contributed by atoms with Crippen LogP contribution < -0.4 is 4.90 Å². The van der Waals surface area contributed by atoms with Crippen LogP contribution in [0.25, 0.3) is 17.4 Å². The smallest absolute Gasteiger partial charge is 0.280 e. The zero-order valence-electron chi connectivity index (χ0n) is 14.9. The Balaban J connectivity index is 1.64. The molecule has 1 saturated heterocycles.